The number of aliphatic hydroxyl groups is 2. The molecule has 7 unspecified atom stereocenters. The molecule has 4 aliphatic carbocycles. The Kier molecular flexibility index (Phi) is 4.23. The molecule has 3 heteroatoms. The second-order valence-corrected chi connectivity index (χ2v) is 10.5. The highest BCUT2D eigenvalue weighted by Gasteiger charge is 2.59. The maximum atomic E-state index is 11.3. The summed E-state index contributed by atoms with van der Waals surface area (Å²) in [4.78, 5) is 0. The third-order valence-corrected chi connectivity index (χ3v) is 9.04. The Balaban J connectivity index is 1.47. The van der Waals surface area contributed by atoms with E-state index in [1.165, 1.54) is 12.0 Å². The van der Waals surface area contributed by atoms with Gasteiger partial charge in [0.2, 0.25) is 0 Å². The summed E-state index contributed by atoms with van der Waals surface area (Å²) in [5.41, 5.74) is 2.89. The molecule has 3 saturated carbocycles. The van der Waals surface area contributed by atoms with E-state index in [9.17, 15) is 10.2 Å². The van der Waals surface area contributed by atoms with E-state index >= 15 is 0 Å². The Bertz CT molecular complexity index is 833. The van der Waals surface area contributed by atoms with E-state index in [1.807, 2.05) is 19.1 Å². The molecule has 1 aromatic rings. The minimum absolute atomic E-state index is 0.0233. The minimum Gasteiger partial charge on any atom is -0.462 e. The first kappa shape index (κ1) is 18.7. The van der Waals surface area contributed by atoms with Crippen LogP contribution in [0.15, 0.2) is 33.8 Å². The van der Waals surface area contributed by atoms with Crippen LogP contribution in [0.25, 0.3) is 6.08 Å². The van der Waals surface area contributed by atoms with Crippen LogP contribution < -0.4 is 0 Å². The van der Waals surface area contributed by atoms with E-state index in [1.54, 1.807) is 0 Å². The van der Waals surface area contributed by atoms with Crippen molar-refractivity contribution < 1.29 is 14.6 Å². The quantitative estimate of drug-likeness (QED) is 0.651. The molecule has 0 bridgehead atoms. The van der Waals surface area contributed by atoms with Crippen molar-refractivity contribution in [2.45, 2.75) is 77.9 Å². The third-order valence-electron chi connectivity index (χ3n) is 9.04. The molecule has 0 amide bonds. The van der Waals surface area contributed by atoms with Crippen LogP contribution in [0.1, 0.15) is 70.3 Å². The fourth-order valence-corrected chi connectivity index (χ4v) is 7.35. The Morgan fingerprint density at radius 3 is 2.64 bits per heavy atom. The SMILES string of the molecule is Cc1ccc(C=C2CC3C4CC=C5CC(O)CCC5(C)C4CCC3(C)C2O)o1. The Morgan fingerprint density at radius 2 is 1.89 bits per heavy atom. The van der Waals surface area contributed by atoms with Crippen molar-refractivity contribution in [3.8, 4) is 0 Å². The van der Waals surface area contributed by atoms with Crippen LogP contribution in [0.2, 0.25) is 0 Å². The van der Waals surface area contributed by atoms with Gasteiger partial charge in [-0.25, -0.2) is 0 Å². The molecule has 0 radical (unpaired) electrons. The highest BCUT2D eigenvalue weighted by atomic mass is 16.3. The molecule has 1 heterocycles. The van der Waals surface area contributed by atoms with Gasteiger partial charge >= 0.3 is 0 Å². The number of rotatable bonds is 1. The molecule has 2 N–H and O–H groups in total. The third kappa shape index (κ3) is 2.62. The lowest BCUT2D eigenvalue weighted by molar-refractivity contribution is -0.0685. The molecule has 0 aromatic carbocycles. The molecule has 28 heavy (non-hydrogen) atoms. The lowest BCUT2D eigenvalue weighted by Crippen LogP contribution is -2.51. The van der Waals surface area contributed by atoms with E-state index in [4.69, 9.17) is 4.42 Å². The van der Waals surface area contributed by atoms with Crippen molar-refractivity contribution >= 4 is 6.08 Å². The first-order valence-corrected chi connectivity index (χ1v) is 11.1. The smallest absolute Gasteiger partial charge is 0.127 e. The van der Waals surface area contributed by atoms with Crippen LogP contribution in [0.5, 0.6) is 0 Å². The van der Waals surface area contributed by atoms with Gasteiger partial charge in [-0.05, 0) is 98.8 Å². The van der Waals surface area contributed by atoms with E-state index in [0.29, 0.717) is 17.8 Å². The number of hydrogen-bond donors (Lipinski definition) is 2. The predicted octanol–water partition coefficient (Wildman–Crippen LogP) is 5.27. The van der Waals surface area contributed by atoms with Gasteiger partial charge in [0.15, 0.2) is 0 Å². The van der Waals surface area contributed by atoms with Crippen molar-refractivity contribution in [2.24, 2.45) is 28.6 Å². The molecule has 4 aliphatic rings. The summed E-state index contributed by atoms with van der Waals surface area (Å²) in [6.07, 6.45) is 11.4. The number of fused-ring (bicyclic) bond motifs is 5. The number of aliphatic hydroxyl groups excluding tert-OH is 2. The van der Waals surface area contributed by atoms with Crippen LogP contribution in [-0.2, 0) is 0 Å². The lowest BCUT2D eigenvalue weighted by Gasteiger charge is -2.57. The molecule has 7 atom stereocenters. The fraction of sp³-hybridized carbons (Fsp3) is 0.680. The van der Waals surface area contributed by atoms with Gasteiger partial charge in [0.25, 0.3) is 0 Å². The largest absolute Gasteiger partial charge is 0.462 e. The van der Waals surface area contributed by atoms with Gasteiger partial charge in [-0.15, -0.1) is 0 Å². The summed E-state index contributed by atoms with van der Waals surface area (Å²) in [6, 6.07) is 4.00. The van der Waals surface area contributed by atoms with Crippen molar-refractivity contribution in [1.82, 2.24) is 0 Å². The molecular formula is C25H34O3. The van der Waals surface area contributed by atoms with Gasteiger partial charge in [-0.1, -0.05) is 25.5 Å². The van der Waals surface area contributed by atoms with E-state index < -0.39 is 0 Å². The first-order valence-electron chi connectivity index (χ1n) is 11.1. The number of furan rings is 1. The van der Waals surface area contributed by atoms with Gasteiger partial charge in [0, 0.05) is 5.41 Å². The fourth-order valence-electron chi connectivity index (χ4n) is 7.35. The molecule has 1 aromatic heterocycles. The predicted molar refractivity (Wildman–Crippen MR) is 111 cm³/mol. The summed E-state index contributed by atoms with van der Waals surface area (Å²) in [7, 11) is 0. The van der Waals surface area contributed by atoms with Gasteiger partial charge in [0.1, 0.15) is 11.5 Å². The molecule has 152 valence electrons. The monoisotopic (exact) mass is 382 g/mol. The summed E-state index contributed by atoms with van der Waals surface area (Å²) >= 11 is 0. The highest BCUT2D eigenvalue weighted by molar-refractivity contribution is 5.51. The summed E-state index contributed by atoms with van der Waals surface area (Å²) in [6.45, 7) is 6.74. The number of hydrogen-bond acceptors (Lipinski definition) is 3. The lowest BCUT2D eigenvalue weighted by atomic mass is 9.48. The van der Waals surface area contributed by atoms with Crippen LogP contribution in [-0.4, -0.2) is 22.4 Å². The van der Waals surface area contributed by atoms with Crippen LogP contribution in [0.4, 0.5) is 0 Å². The van der Waals surface area contributed by atoms with E-state index in [-0.39, 0.29) is 23.0 Å². The molecule has 0 spiro atoms. The highest BCUT2D eigenvalue weighted by Crippen LogP contribution is 2.65. The number of aryl methyl sites for hydroxylation is 1. The standard InChI is InChI=1S/C25H34O3/c1-15-4-6-19(28-15)12-16-13-22-20-7-5-17-14-18(26)8-10-24(17,2)21(20)9-11-25(22,3)23(16)27/h4-6,12,18,20-23,26-27H,7-11,13-14H2,1-3H3. The average molecular weight is 383 g/mol. The molecular weight excluding hydrogens is 348 g/mol. The molecule has 0 aliphatic heterocycles. The van der Waals surface area contributed by atoms with Crippen molar-refractivity contribution in [3.05, 3.63) is 40.9 Å². The molecule has 3 fully saturated rings. The molecule has 0 saturated heterocycles. The minimum atomic E-state index is -0.366. The van der Waals surface area contributed by atoms with Gasteiger partial charge < -0.3 is 14.6 Å². The zero-order valence-corrected chi connectivity index (χ0v) is 17.4. The Labute approximate surface area is 168 Å². The van der Waals surface area contributed by atoms with Crippen molar-refractivity contribution in [1.29, 1.82) is 0 Å². The van der Waals surface area contributed by atoms with Crippen molar-refractivity contribution in [3.63, 3.8) is 0 Å². The first-order chi connectivity index (χ1) is 13.3. The average Bonchev–Trinajstić information content (AvgIpc) is 3.18. The topological polar surface area (TPSA) is 53.6 Å². The number of allylic oxidation sites excluding steroid dienone is 1. The van der Waals surface area contributed by atoms with Crippen LogP contribution in [0.3, 0.4) is 0 Å². The van der Waals surface area contributed by atoms with Gasteiger partial charge in [-0.3, -0.25) is 0 Å². The normalized spacial score (nSPS) is 46.7. The zero-order valence-electron chi connectivity index (χ0n) is 17.4. The van der Waals surface area contributed by atoms with Crippen molar-refractivity contribution in [2.75, 3.05) is 0 Å². The Hall–Kier alpha value is -1.32. The van der Waals surface area contributed by atoms with Crippen LogP contribution >= 0.6 is 0 Å². The zero-order chi connectivity index (χ0) is 19.7. The maximum absolute atomic E-state index is 11.3. The maximum Gasteiger partial charge on any atom is 0.127 e. The summed E-state index contributed by atoms with van der Waals surface area (Å²) < 4.78 is 5.76. The molecule has 5 rings (SSSR count). The summed E-state index contributed by atoms with van der Waals surface area (Å²) in [5, 5.41) is 21.4. The molecule has 3 nitrogen and oxygen atoms in total. The second-order valence-electron chi connectivity index (χ2n) is 10.5. The van der Waals surface area contributed by atoms with E-state index in [2.05, 4.69) is 26.0 Å². The van der Waals surface area contributed by atoms with Gasteiger partial charge in [0.05, 0.1) is 12.2 Å². The Morgan fingerprint density at radius 1 is 1.07 bits per heavy atom. The summed E-state index contributed by atoms with van der Waals surface area (Å²) in [5.74, 6) is 3.65. The van der Waals surface area contributed by atoms with Gasteiger partial charge in [-0.2, -0.15) is 0 Å². The van der Waals surface area contributed by atoms with E-state index in [0.717, 1.165) is 55.6 Å². The van der Waals surface area contributed by atoms with Crippen LogP contribution in [0, 0.1) is 35.5 Å². The second kappa shape index (κ2) is 6.34.